The fourth-order valence-electron chi connectivity index (χ4n) is 3.49. The number of anilines is 2. The van der Waals surface area contributed by atoms with Crippen LogP contribution in [0.3, 0.4) is 0 Å². The molecule has 3 atom stereocenters. The summed E-state index contributed by atoms with van der Waals surface area (Å²) in [4.78, 5) is 29.0. The third-order valence-electron chi connectivity index (χ3n) is 5.38. The molecule has 10 nitrogen and oxygen atoms in total. The normalized spacial score (nSPS) is 13.4. The van der Waals surface area contributed by atoms with Gasteiger partial charge in [0.25, 0.3) is 5.91 Å². The molecule has 0 fully saturated rings. The van der Waals surface area contributed by atoms with Crippen LogP contribution in [0, 0.1) is 10.1 Å². The number of amides is 1. The highest BCUT2D eigenvalue weighted by molar-refractivity contribution is 7.80. The van der Waals surface area contributed by atoms with Crippen molar-refractivity contribution in [3.63, 3.8) is 0 Å². The molecule has 0 bridgehead atoms. The molecule has 3 rings (SSSR count). The number of nitro groups is 1. The fraction of sp³-hybridized carbons (Fsp3) is 0.333. The lowest BCUT2D eigenvalue weighted by Crippen LogP contribution is -2.27. The van der Waals surface area contributed by atoms with Crippen molar-refractivity contribution in [3.8, 4) is 5.75 Å². The van der Waals surface area contributed by atoms with Crippen LogP contribution in [0.1, 0.15) is 23.3 Å². The Morgan fingerprint density at radius 3 is 2.45 bits per heavy atom. The number of nitrogens with one attached hydrogen (secondary N) is 1. The SMILES string of the molecule is C[C@H](O)C(=O)Nc1ccc(CC(c2ccsc2[N+](=O)[O-])S(=O)Oc2ccc(N(CCCl)CCCl)cc2)cn1. The maximum absolute atomic E-state index is 13.4. The van der Waals surface area contributed by atoms with Crippen molar-refractivity contribution in [1.29, 1.82) is 0 Å². The van der Waals surface area contributed by atoms with Crippen molar-refractivity contribution in [3.05, 3.63) is 75.3 Å². The molecule has 0 saturated carbocycles. The number of aliphatic hydroxyl groups excluding tert-OH is 1. The zero-order valence-electron chi connectivity index (χ0n) is 20.3. The highest BCUT2D eigenvalue weighted by Crippen LogP contribution is 2.37. The zero-order valence-corrected chi connectivity index (χ0v) is 23.4. The molecule has 0 aliphatic rings. The summed E-state index contributed by atoms with van der Waals surface area (Å²) in [5, 5.41) is 24.0. The summed E-state index contributed by atoms with van der Waals surface area (Å²) in [6.07, 6.45) is 0.397. The van der Waals surface area contributed by atoms with Gasteiger partial charge in [-0.25, -0.2) is 9.19 Å². The van der Waals surface area contributed by atoms with Gasteiger partial charge in [0, 0.05) is 36.7 Å². The molecule has 2 unspecified atom stereocenters. The van der Waals surface area contributed by atoms with Crippen LogP contribution in [0.2, 0.25) is 0 Å². The number of nitrogens with zero attached hydrogens (tertiary/aromatic N) is 3. The molecule has 204 valence electrons. The van der Waals surface area contributed by atoms with E-state index in [2.05, 4.69) is 10.3 Å². The largest absolute Gasteiger partial charge is 0.400 e. The minimum absolute atomic E-state index is 0.117. The Morgan fingerprint density at radius 2 is 1.89 bits per heavy atom. The van der Waals surface area contributed by atoms with E-state index in [0.29, 0.717) is 36.2 Å². The molecule has 2 aromatic heterocycles. The van der Waals surface area contributed by atoms with Gasteiger partial charge >= 0.3 is 5.00 Å². The van der Waals surface area contributed by atoms with Crippen molar-refractivity contribution in [2.75, 3.05) is 35.1 Å². The van der Waals surface area contributed by atoms with Gasteiger partial charge in [0.1, 0.15) is 22.9 Å². The monoisotopic (exact) mass is 600 g/mol. The van der Waals surface area contributed by atoms with Gasteiger partial charge in [0.05, 0.1) is 10.5 Å². The van der Waals surface area contributed by atoms with Gasteiger partial charge in [-0.05, 0) is 60.7 Å². The van der Waals surface area contributed by atoms with E-state index in [1.165, 1.54) is 19.2 Å². The van der Waals surface area contributed by atoms with Crippen molar-refractivity contribution >= 4 is 68.0 Å². The number of aliphatic hydroxyl groups is 1. The molecule has 3 aromatic rings. The molecule has 0 radical (unpaired) electrons. The zero-order chi connectivity index (χ0) is 27.7. The molecule has 2 N–H and O–H groups in total. The number of hydrogen-bond acceptors (Lipinski definition) is 9. The van der Waals surface area contributed by atoms with E-state index in [9.17, 15) is 24.2 Å². The van der Waals surface area contributed by atoms with Gasteiger partial charge < -0.3 is 19.5 Å². The average molecular weight is 602 g/mol. The number of hydrogen-bond donors (Lipinski definition) is 2. The summed E-state index contributed by atoms with van der Waals surface area (Å²) >= 11 is 10.7. The van der Waals surface area contributed by atoms with E-state index >= 15 is 0 Å². The van der Waals surface area contributed by atoms with E-state index in [1.54, 1.807) is 41.8 Å². The van der Waals surface area contributed by atoms with Crippen LogP contribution in [-0.4, -0.2) is 56.1 Å². The Kier molecular flexibility index (Phi) is 11.3. The Hall–Kier alpha value is -2.77. The maximum Gasteiger partial charge on any atom is 0.328 e. The molecule has 1 amide bonds. The van der Waals surface area contributed by atoms with Gasteiger partial charge in [-0.3, -0.25) is 14.9 Å². The standard InChI is InChI=1S/C24H26Cl2N4O6S2/c1-16(31)23(32)28-22-7-2-17(15-27-22)14-21(20-8-13-37-24(20)30(33)34)38(35)36-19-5-3-18(4-6-19)29(11-9-25)12-10-26/h2-8,13,15-16,21,31H,9-12,14H2,1H3,(H,27,28,32)/t16-,21?,38?/m0/s1. The van der Waals surface area contributed by atoms with Crippen molar-refractivity contribution < 1.29 is 23.2 Å². The first kappa shape index (κ1) is 29.8. The molecule has 14 heteroatoms. The van der Waals surface area contributed by atoms with Gasteiger partial charge in [-0.2, -0.15) is 0 Å². The Morgan fingerprint density at radius 1 is 1.21 bits per heavy atom. The van der Waals surface area contributed by atoms with Crippen LogP contribution in [0.4, 0.5) is 16.5 Å². The van der Waals surface area contributed by atoms with E-state index in [1.807, 2.05) is 4.90 Å². The third-order valence-corrected chi connectivity index (χ3v) is 7.85. The van der Waals surface area contributed by atoms with Gasteiger partial charge in [0.15, 0.2) is 0 Å². The first-order valence-electron chi connectivity index (χ1n) is 11.4. The highest BCUT2D eigenvalue weighted by atomic mass is 35.5. The molecule has 0 saturated heterocycles. The number of carbonyl (C=O) groups excluding carboxylic acids is 1. The molecule has 0 aliphatic carbocycles. The fourth-order valence-corrected chi connectivity index (χ4v) is 5.89. The Labute approximate surface area is 236 Å². The lowest BCUT2D eigenvalue weighted by atomic mass is 10.1. The van der Waals surface area contributed by atoms with Crippen LogP contribution in [0.5, 0.6) is 5.75 Å². The second kappa shape index (κ2) is 14.4. The van der Waals surface area contributed by atoms with E-state index in [4.69, 9.17) is 27.4 Å². The predicted octanol–water partition coefficient (Wildman–Crippen LogP) is 4.68. The van der Waals surface area contributed by atoms with Gasteiger partial charge in [-0.15, -0.1) is 23.2 Å². The predicted molar refractivity (Wildman–Crippen MR) is 151 cm³/mol. The molecular formula is C24H26Cl2N4O6S2. The van der Waals surface area contributed by atoms with Crippen molar-refractivity contribution in [2.45, 2.75) is 24.7 Å². The maximum atomic E-state index is 13.4. The first-order chi connectivity index (χ1) is 18.2. The topological polar surface area (TPSA) is 135 Å². The number of alkyl halides is 2. The summed E-state index contributed by atoms with van der Waals surface area (Å²) in [5.41, 5.74) is 1.79. The van der Waals surface area contributed by atoms with Crippen LogP contribution in [0.25, 0.3) is 0 Å². The lowest BCUT2D eigenvalue weighted by Gasteiger charge is -2.23. The van der Waals surface area contributed by atoms with Crippen LogP contribution >= 0.6 is 34.5 Å². The molecular weight excluding hydrogens is 575 g/mol. The van der Waals surface area contributed by atoms with E-state index < -0.39 is 33.3 Å². The second-order valence-electron chi connectivity index (χ2n) is 8.05. The van der Waals surface area contributed by atoms with E-state index in [0.717, 1.165) is 17.0 Å². The Balaban J connectivity index is 1.81. The summed E-state index contributed by atoms with van der Waals surface area (Å²) in [7, 11) is 0. The summed E-state index contributed by atoms with van der Waals surface area (Å²) in [6.45, 7) is 2.56. The third kappa shape index (κ3) is 8.11. The minimum Gasteiger partial charge on any atom is -0.400 e. The van der Waals surface area contributed by atoms with Crippen molar-refractivity contribution in [2.24, 2.45) is 0 Å². The number of pyridine rings is 1. The van der Waals surface area contributed by atoms with Crippen LogP contribution in [0.15, 0.2) is 54.0 Å². The number of carbonyl (C=O) groups is 1. The van der Waals surface area contributed by atoms with Crippen LogP contribution < -0.4 is 14.4 Å². The molecule has 0 aliphatic heterocycles. The van der Waals surface area contributed by atoms with Gasteiger partial charge in [-0.1, -0.05) is 17.4 Å². The molecule has 38 heavy (non-hydrogen) atoms. The van der Waals surface area contributed by atoms with Crippen molar-refractivity contribution in [1.82, 2.24) is 4.98 Å². The highest BCUT2D eigenvalue weighted by Gasteiger charge is 2.30. The molecule has 0 spiro atoms. The number of rotatable bonds is 14. The summed E-state index contributed by atoms with van der Waals surface area (Å²) < 4.78 is 19.2. The Bertz CT molecular complexity index is 1240. The quantitative estimate of drug-likeness (QED) is 0.155. The second-order valence-corrected chi connectivity index (χ2v) is 11.0. The van der Waals surface area contributed by atoms with E-state index in [-0.39, 0.29) is 22.8 Å². The minimum atomic E-state index is -1.99. The lowest BCUT2D eigenvalue weighted by molar-refractivity contribution is -0.380. The summed E-state index contributed by atoms with van der Waals surface area (Å²) in [6, 6.07) is 11.7. The molecule has 2 heterocycles. The average Bonchev–Trinajstić information content (AvgIpc) is 3.38. The molecule has 1 aromatic carbocycles. The first-order valence-corrected chi connectivity index (χ1v) is 14.5. The number of thiophene rings is 1. The van der Waals surface area contributed by atoms with Gasteiger partial charge in [0.2, 0.25) is 11.1 Å². The summed E-state index contributed by atoms with van der Waals surface area (Å²) in [5.74, 6) is 0.825. The smallest absolute Gasteiger partial charge is 0.328 e. The number of aromatic nitrogens is 1. The van der Waals surface area contributed by atoms with Crippen LogP contribution in [-0.2, 0) is 22.3 Å². The number of halogens is 2. The number of benzene rings is 1.